The monoisotopic (exact) mass is 404 g/mol. The van der Waals surface area contributed by atoms with Crippen LogP contribution in [0.25, 0.3) is 0 Å². The van der Waals surface area contributed by atoms with E-state index in [0.29, 0.717) is 18.8 Å². The quantitative estimate of drug-likeness (QED) is 0.786. The molecule has 0 N–H and O–H groups in total. The molecule has 2 atom stereocenters. The van der Waals surface area contributed by atoms with Gasteiger partial charge in [0.1, 0.15) is 23.1 Å². The van der Waals surface area contributed by atoms with Crippen molar-refractivity contribution in [1.82, 2.24) is 4.57 Å². The maximum atomic E-state index is 14.5. The van der Waals surface area contributed by atoms with Crippen molar-refractivity contribution in [3.63, 3.8) is 0 Å². The molecule has 8 heteroatoms. The molecule has 3 heterocycles. The summed E-state index contributed by atoms with van der Waals surface area (Å²) >= 11 is 0. The number of hydrogen-bond donors (Lipinski definition) is 0. The van der Waals surface area contributed by atoms with Crippen LogP contribution in [0.3, 0.4) is 0 Å². The fraction of sp³-hybridized carbons (Fsp3) is 0.429. The van der Waals surface area contributed by atoms with Gasteiger partial charge in [-0.05, 0) is 25.0 Å². The number of nitrogens with zero attached hydrogens (tertiary/aromatic N) is 2. The molecule has 29 heavy (non-hydrogen) atoms. The summed E-state index contributed by atoms with van der Waals surface area (Å²) < 4.78 is 40.9. The summed E-state index contributed by atoms with van der Waals surface area (Å²) in [6, 6.07) is 3.91. The van der Waals surface area contributed by atoms with Crippen LogP contribution in [0.4, 0.5) is 14.5 Å². The molecular weight excluding hydrogens is 382 g/mol. The predicted molar refractivity (Wildman–Crippen MR) is 103 cm³/mol. The van der Waals surface area contributed by atoms with Gasteiger partial charge in [0.2, 0.25) is 5.91 Å². The number of rotatable bonds is 4. The molecule has 2 aliphatic heterocycles. The third kappa shape index (κ3) is 3.42. The lowest BCUT2D eigenvalue weighted by Crippen LogP contribution is -2.35. The first-order valence-corrected chi connectivity index (χ1v) is 9.53. The number of hydrogen-bond acceptors (Lipinski definition) is 4. The summed E-state index contributed by atoms with van der Waals surface area (Å²) in [4.78, 5) is 27.2. The highest BCUT2D eigenvalue weighted by Gasteiger charge is 2.37. The summed E-state index contributed by atoms with van der Waals surface area (Å²) in [6.45, 7) is 2.82. The minimum atomic E-state index is -0.758. The summed E-state index contributed by atoms with van der Waals surface area (Å²) in [5.41, 5.74) is 0.473. The van der Waals surface area contributed by atoms with Crippen LogP contribution >= 0.6 is 0 Å². The molecule has 0 saturated carbocycles. The topological polar surface area (TPSA) is 60.8 Å². The number of pyridine rings is 1. The van der Waals surface area contributed by atoms with Gasteiger partial charge in [-0.1, -0.05) is 0 Å². The molecule has 4 rings (SSSR count). The zero-order chi connectivity index (χ0) is 20.7. The highest BCUT2D eigenvalue weighted by Crippen LogP contribution is 2.36. The number of carbonyl (C=O) groups excluding carboxylic acids is 1. The molecule has 2 saturated heterocycles. The minimum Gasteiger partial charge on any atom is -0.497 e. The predicted octanol–water partition coefficient (Wildman–Crippen LogP) is 2.93. The fourth-order valence-electron chi connectivity index (χ4n) is 4.17. The number of methoxy groups -OCH3 is 1. The van der Waals surface area contributed by atoms with Gasteiger partial charge < -0.3 is 18.9 Å². The lowest BCUT2D eigenvalue weighted by molar-refractivity contribution is -0.117. The molecule has 2 aliphatic rings. The third-order valence-corrected chi connectivity index (χ3v) is 5.69. The largest absolute Gasteiger partial charge is 0.497 e. The fourth-order valence-corrected chi connectivity index (χ4v) is 4.17. The molecule has 2 fully saturated rings. The van der Waals surface area contributed by atoms with Crippen molar-refractivity contribution < 1.29 is 23.0 Å². The molecule has 0 spiro atoms. The van der Waals surface area contributed by atoms with Crippen LogP contribution in [-0.4, -0.2) is 37.3 Å². The second-order valence-corrected chi connectivity index (χ2v) is 7.49. The van der Waals surface area contributed by atoms with Crippen LogP contribution < -0.4 is 15.2 Å². The normalized spacial score (nSPS) is 21.8. The average Bonchev–Trinajstić information content (AvgIpc) is 3.32. The summed E-state index contributed by atoms with van der Waals surface area (Å²) in [5, 5.41) is 0. The van der Waals surface area contributed by atoms with Crippen molar-refractivity contribution in [2.24, 2.45) is 0 Å². The number of anilines is 1. The second kappa shape index (κ2) is 7.59. The molecule has 0 aliphatic carbocycles. The van der Waals surface area contributed by atoms with E-state index in [2.05, 4.69) is 0 Å². The van der Waals surface area contributed by atoms with Crippen molar-refractivity contribution in [2.45, 2.75) is 31.7 Å². The van der Waals surface area contributed by atoms with Crippen LogP contribution in [0.15, 0.2) is 29.2 Å². The van der Waals surface area contributed by atoms with Gasteiger partial charge in [0.25, 0.3) is 5.56 Å². The first-order chi connectivity index (χ1) is 13.9. The number of aromatic nitrogens is 1. The molecule has 154 valence electrons. The molecular formula is C21H22F2N2O4. The SMILES string of the molecule is COc1cc(F)c(C2CC(=O)N(c3c(C)ccn(C4CCOC4)c3=O)C2)c(F)c1. The van der Waals surface area contributed by atoms with E-state index in [0.717, 1.165) is 18.6 Å². The van der Waals surface area contributed by atoms with E-state index in [4.69, 9.17) is 9.47 Å². The number of carbonyl (C=O) groups is 1. The first-order valence-electron chi connectivity index (χ1n) is 9.53. The van der Waals surface area contributed by atoms with Crippen LogP contribution in [-0.2, 0) is 9.53 Å². The Kier molecular flexibility index (Phi) is 5.12. The lowest BCUT2D eigenvalue weighted by Gasteiger charge is -2.22. The maximum Gasteiger partial charge on any atom is 0.275 e. The molecule has 6 nitrogen and oxygen atoms in total. The number of halogens is 2. The third-order valence-electron chi connectivity index (χ3n) is 5.69. The number of benzene rings is 1. The van der Waals surface area contributed by atoms with Crippen LogP contribution in [0.2, 0.25) is 0 Å². The van der Waals surface area contributed by atoms with E-state index < -0.39 is 17.6 Å². The van der Waals surface area contributed by atoms with Crippen LogP contribution in [0.1, 0.15) is 35.9 Å². The second-order valence-electron chi connectivity index (χ2n) is 7.49. The Morgan fingerprint density at radius 2 is 1.93 bits per heavy atom. The Labute approximate surface area is 166 Å². The zero-order valence-corrected chi connectivity index (χ0v) is 16.3. The van der Waals surface area contributed by atoms with Crippen LogP contribution in [0.5, 0.6) is 5.75 Å². The van der Waals surface area contributed by atoms with Crippen LogP contribution in [0, 0.1) is 18.6 Å². The summed E-state index contributed by atoms with van der Waals surface area (Å²) in [6.07, 6.45) is 2.36. The number of amides is 1. The van der Waals surface area contributed by atoms with Gasteiger partial charge >= 0.3 is 0 Å². The Bertz CT molecular complexity index is 991. The van der Waals surface area contributed by atoms with Crippen molar-refractivity contribution in [2.75, 3.05) is 31.8 Å². The van der Waals surface area contributed by atoms with Gasteiger partial charge in [-0.25, -0.2) is 8.78 Å². The van der Waals surface area contributed by atoms with E-state index >= 15 is 0 Å². The summed E-state index contributed by atoms with van der Waals surface area (Å²) in [7, 11) is 1.33. The molecule has 0 radical (unpaired) electrons. The smallest absolute Gasteiger partial charge is 0.275 e. The average molecular weight is 404 g/mol. The van der Waals surface area contributed by atoms with Crippen molar-refractivity contribution in [1.29, 1.82) is 0 Å². The van der Waals surface area contributed by atoms with Gasteiger partial charge in [0.05, 0.1) is 19.8 Å². The van der Waals surface area contributed by atoms with E-state index in [1.165, 1.54) is 12.0 Å². The Hall–Kier alpha value is -2.74. The van der Waals surface area contributed by atoms with Gasteiger partial charge in [-0.15, -0.1) is 0 Å². The van der Waals surface area contributed by atoms with E-state index in [9.17, 15) is 18.4 Å². The first kappa shape index (κ1) is 19.6. The molecule has 2 aromatic rings. The minimum absolute atomic E-state index is 0.0419. The highest BCUT2D eigenvalue weighted by molar-refractivity contribution is 5.97. The van der Waals surface area contributed by atoms with E-state index in [1.807, 2.05) is 0 Å². The van der Waals surface area contributed by atoms with Gasteiger partial charge in [-0.3, -0.25) is 9.59 Å². The molecule has 0 bridgehead atoms. The summed E-state index contributed by atoms with van der Waals surface area (Å²) in [5.74, 6) is -2.45. The molecule has 1 aromatic heterocycles. The lowest BCUT2D eigenvalue weighted by atomic mass is 9.97. The maximum absolute atomic E-state index is 14.5. The van der Waals surface area contributed by atoms with E-state index in [1.54, 1.807) is 23.8 Å². The van der Waals surface area contributed by atoms with E-state index in [-0.39, 0.29) is 47.5 Å². The van der Waals surface area contributed by atoms with Gasteiger partial charge in [0.15, 0.2) is 0 Å². The number of ether oxygens (including phenoxy) is 2. The molecule has 1 aromatic carbocycles. The standard InChI is InChI=1S/C21H22F2N2O4/c1-12-3-5-24(14-4-6-29-11-14)21(27)20(12)25-10-13(7-18(25)26)19-16(22)8-15(28-2)9-17(19)23/h3,5,8-9,13-14H,4,6-7,10-11H2,1-2H3. The zero-order valence-electron chi connectivity index (χ0n) is 16.3. The highest BCUT2D eigenvalue weighted by atomic mass is 19.1. The molecule has 1 amide bonds. The Morgan fingerprint density at radius 3 is 2.55 bits per heavy atom. The molecule has 2 unspecified atom stereocenters. The van der Waals surface area contributed by atoms with Gasteiger partial charge in [0, 0.05) is 49.4 Å². The van der Waals surface area contributed by atoms with Crippen molar-refractivity contribution >= 4 is 11.6 Å². The Balaban J connectivity index is 1.69. The van der Waals surface area contributed by atoms with Crippen molar-refractivity contribution in [3.8, 4) is 5.75 Å². The number of aryl methyl sites for hydroxylation is 1. The Morgan fingerprint density at radius 1 is 1.21 bits per heavy atom. The van der Waals surface area contributed by atoms with Crippen molar-refractivity contribution in [3.05, 3.63) is 57.5 Å². The van der Waals surface area contributed by atoms with Gasteiger partial charge in [-0.2, -0.15) is 0 Å².